The first-order valence-corrected chi connectivity index (χ1v) is 8.45. The van der Waals surface area contributed by atoms with Crippen LogP contribution in [-0.2, 0) is 9.05 Å². The molecule has 0 saturated carbocycles. The summed E-state index contributed by atoms with van der Waals surface area (Å²) in [5, 5.41) is 6.49. The lowest BCUT2D eigenvalue weighted by Crippen LogP contribution is -2.29. The molecule has 1 aliphatic rings. The maximum absolute atomic E-state index is 12.3. The molecule has 19 heavy (non-hydrogen) atoms. The van der Waals surface area contributed by atoms with E-state index in [-0.39, 0.29) is 22.4 Å². The number of nitrogens with zero attached hydrogens (tertiary/aromatic N) is 2. The molecule has 1 fully saturated rings. The van der Waals surface area contributed by atoms with E-state index in [1.807, 2.05) is 13.8 Å². The third kappa shape index (κ3) is 2.76. The van der Waals surface area contributed by atoms with Crippen molar-refractivity contribution in [3.63, 3.8) is 0 Å². The fourth-order valence-corrected chi connectivity index (χ4v) is 3.57. The first-order valence-electron chi connectivity index (χ1n) is 6.14. The lowest BCUT2D eigenvalue weighted by molar-refractivity contribution is 0.0783. The van der Waals surface area contributed by atoms with Crippen LogP contribution in [-0.4, -0.2) is 42.5 Å². The van der Waals surface area contributed by atoms with E-state index in [0.717, 1.165) is 12.8 Å². The first-order chi connectivity index (χ1) is 8.82. The predicted molar refractivity (Wildman–Crippen MR) is 70.9 cm³/mol. The van der Waals surface area contributed by atoms with Gasteiger partial charge in [-0.25, -0.2) is 8.42 Å². The SMILES string of the molecule is CC(C)c1[nH]nc(C(=O)N2CCCC2)c1S(=O)(=O)Cl. The van der Waals surface area contributed by atoms with Crippen LogP contribution in [0.5, 0.6) is 0 Å². The molecule has 1 aromatic rings. The fourth-order valence-electron chi connectivity index (χ4n) is 2.20. The molecule has 2 heterocycles. The van der Waals surface area contributed by atoms with E-state index in [2.05, 4.69) is 10.2 Å². The molecular weight excluding hydrogens is 290 g/mol. The van der Waals surface area contributed by atoms with Crippen LogP contribution in [0.1, 0.15) is 48.8 Å². The first kappa shape index (κ1) is 14.3. The molecule has 0 radical (unpaired) electrons. The average molecular weight is 306 g/mol. The molecule has 0 atom stereocenters. The Labute approximate surface area is 116 Å². The van der Waals surface area contributed by atoms with Gasteiger partial charge < -0.3 is 4.90 Å². The number of likely N-dealkylation sites (tertiary alicyclic amines) is 1. The Morgan fingerprint density at radius 3 is 2.42 bits per heavy atom. The van der Waals surface area contributed by atoms with Crippen molar-refractivity contribution in [1.82, 2.24) is 15.1 Å². The number of rotatable bonds is 3. The van der Waals surface area contributed by atoms with Crippen LogP contribution in [0.4, 0.5) is 0 Å². The Kier molecular flexibility index (Phi) is 3.87. The molecular formula is C11H16ClN3O3S. The van der Waals surface area contributed by atoms with Gasteiger partial charge in [0.15, 0.2) is 5.69 Å². The lowest BCUT2D eigenvalue weighted by Gasteiger charge is -2.14. The number of halogens is 1. The molecule has 106 valence electrons. The Hall–Kier alpha value is -1.08. The van der Waals surface area contributed by atoms with Crippen molar-refractivity contribution < 1.29 is 13.2 Å². The minimum atomic E-state index is -4.01. The van der Waals surface area contributed by atoms with Crippen molar-refractivity contribution in [3.8, 4) is 0 Å². The second kappa shape index (κ2) is 5.13. The maximum atomic E-state index is 12.3. The van der Waals surface area contributed by atoms with Crippen LogP contribution < -0.4 is 0 Å². The summed E-state index contributed by atoms with van der Waals surface area (Å²) in [7, 11) is 1.44. The van der Waals surface area contributed by atoms with Crippen molar-refractivity contribution in [1.29, 1.82) is 0 Å². The molecule has 0 aliphatic carbocycles. The van der Waals surface area contributed by atoms with E-state index in [1.165, 1.54) is 0 Å². The minimum Gasteiger partial charge on any atom is -0.337 e. The highest BCUT2D eigenvalue weighted by atomic mass is 35.7. The van der Waals surface area contributed by atoms with Crippen LogP contribution >= 0.6 is 10.7 Å². The van der Waals surface area contributed by atoms with Gasteiger partial charge in [-0.15, -0.1) is 0 Å². The summed E-state index contributed by atoms with van der Waals surface area (Å²) in [6.45, 7) is 4.88. The molecule has 1 aromatic heterocycles. The van der Waals surface area contributed by atoms with Crippen molar-refractivity contribution >= 4 is 25.6 Å². The van der Waals surface area contributed by atoms with Gasteiger partial charge in [0.2, 0.25) is 0 Å². The maximum Gasteiger partial charge on any atom is 0.275 e. The average Bonchev–Trinajstić information content (AvgIpc) is 2.96. The molecule has 2 rings (SSSR count). The van der Waals surface area contributed by atoms with Gasteiger partial charge in [0, 0.05) is 23.8 Å². The fraction of sp³-hybridized carbons (Fsp3) is 0.636. The summed E-state index contributed by atoms with van der Waals surface area (Å²) < 4.78 is 23.4. The summed E-state index contributed by atoms with van der Waals surface area (Å²) in [5.74, 6) is -0.490. The molecule has 0 spiro atoms. The molecule has 0 bridgehead atoms. The number of carbonyl (C=O) groups is 1. The number of aromatic nitrogens is 2. The molecule has 0 unspecified atom stereocenters. The van der Waals surface area contributed by atoms with Crippen LogP contribution in [0.2, 0.25) is 0 Å². The smallest absolute Gasteiger partial charge is 0.275 e. The highest BCUT2D eigenvalue weighted by molar-refractivity contribution is 8.13. The summed E-state index contributed by atoms with van der Waals surface area (Å²) in [6, 6.07) is 0. The number of amides is 1. The largest absolute Gasteiger partial charge is 0.337 e. The van der Waals surface area contributed by atoms with Gasteiger partial charge in [0.05, 0.1) is 5.69 Å². The summed E-state index contributed by atoms with van der Waals surface area (Å²) in [5.41, 5.74) is 0.276. The van der Waals surface area contributed by atoms with Crippen LogP contribution in [0, 0.1) is 0 Å². The van der Waals surface area contributed by atoms with Gasteiger partial charge in [-0.1, -0.05) is 13.8 Å². The quantitative estimate of drug-likeness (QED) is 0.862. The number of carbonyl (C=O) groups excluding carboxylic acids is 1. The second-order valence-electron chi connectivity index (χ2n) is 4.91. The van der Waals surface area contributed by atoms with Gasteiger partial charge in [0.1, 0.15) is 4.90 Å². The van der Waals surface area contributed by atoms with Crippen molar-refractivity contribution in [2.75, 3.05) is 13.1 Å². The lowest BCUT2D eigenvalue weighted by atomic mass is 10.1. The van der Waals surface area contributed by atoms with E-state index in [4.69, 9.17) is 10.7 Å². The van der Waals surface area contributed by atoms with E-state index < -0.39 is 9.05 Å². The van der Waals surface area contributed by atoms with Gasteiger partial charge in [0.25, 0.3) is 15.0 Å². The molecule has 1 N–H and O–H groups in total. The summed E-state index contributed by atoms with van der Waals surface area (Å²) in [4.78, 5) is 13.7. The monoisotopic (exact) mass is 305 g/mol. The van der Waals surface area contributed by atoms with Crippen molar-refractivity contribution in [2.24, 2.45) is 0 Å². The molecule has 0 aromatic carbocycles. The van der Waals surface area contributed by atoms with Crippen LogP contribution in [0.15, 0.2) is 4.90 Å². The van der Waals surface area contributed by atoms with Gasteiger partial charge in [-0.05, 0) is 18.8 Å². The molecule has 6 nitrogen and oxygen atoms in total. The van der Waals surface area contributed by atoms with Gasteiger partial charge in [-0.3, -0.25) is 9.89 Å². The zero-order chi connectivity index (χ0) is 14.2. The molecule has 1 aliphatic heterocycles. The molecule has 1 amide bonds. The van der Waals surface area contributed by atoms with E-state index in [0.29, 0.717) is 18.8 Å². The van der Waals surface area contributed by atoms with E-state index in [1.54, 1.807) is 4.90 Å². The number of hydrogen-bond acceptors (Lipinski definition) is 4. The van der Waals surface area contributed by atoms with Crippen molar-refractivity contribution in [3.05, 3.63) is 11.4 Å². The van der Waals surface area contributed by atoms with Gasteiger partial charge in [-0.2, -0.15) is 5.10 Å². The predicted octanol–water partition coefficient (Wildman–Crippen LogP) is 1.70. The topological polar surface area (TPSA) is 83.1 Å². The van der Waals surface area contributed by atoms with E-state index in [9.17, 15) is 13.2 Å². The second-order valence-corrected chi connectivity index (χ2v) is 7.41. The normalized spacial score (nSPS) is 16.3. The molecule has 1 saturated heterocycles. The minimum absolute atomic E-state index is 0.0967. The van der Waals surface area contributed by atoms with E-state index >= 15 is 0 Å². The standard InChI is InChI=1S/C11H16ClN3O3S/c1-7(2)8-10(19(12,17)18)9(14-13-8)11(16)15-5-3-4-6-15/h7H,3-6H2,1-2H3,(H,13,14). The Bertz CT molecular complexity index is 588. The third-order valence-electron chi connectivity index (χ3n) is 3.16. The number of hydrogen-bond donors (Lipinski definition) is 1. The zero-order valence-electron chi connectivity index (χ0n) is 10.8. The van der Waals surface area contributed by atoms with Crippen LogP contribution in [0.3, 0.4) is 0 Å². The number of nitrogens with one attached hydrogen (secondary N) is 1. The van der Waals surface area contributed by atoms with Crippen molar-refractivity contribution in [2.45, 2.75) is 37.5 Å². The Balaban J connectivity index is 2.49. The molecule has 8 heteroatoms. The van der Waals surface area contributed by atoms with Gasteiger partial charge >= 0.3 is 0 Å². The highest BCUT2D eigenvalue weighted by Gasteiger charge is 2.32. The number of aromatic amines is 1. The highest BCUT2D eigenvalue weighted by Crippen LogP contribution is 2.29. The van der Waals surface area contributed by atoms with Crippen LogP contribution in [0.25, 0.3) is 0 Å². The summed E-state index contributed by atoms with van der Waals surface area (Å²) in [6.07, 6.45) is 1.85. The summed E-state index contributed by atoms with van der Waals surface area (Å²) >= 11 is 0. The third-order valence-corrected chi connectivity index (χ3v) is 4.53. The zero-order valence-corrected chi connectivity index (χ0v) is 12.4. The Morgan fingerprint density at radius 2 is 1.95 bits per heavy atom. The Morgan fingerprint density at radius 1 is 1.37 bits per heavy atom. The number of H-pyrrole nitrogens is 1.